The molecule has 0 aromatic carbocycles. The minimum absolute atomic E-state index is 0.116. The van der Waals surface area contributed by atoms with Gasteiger partial charge in [-0.1, -0.05) is 125 Å². The van der Waals surface area contributed by atoms with Crippen LogP contribution in [-0.2, 0) is 27.8 Å². The van der Waals surface area contributed by atoms with E-state index in [9.17, 15) is 0 Å². The summed E-state index contributed by atoms with van der Waals surface area (Å²) in [4.78, 5) is 0. The lowest BCUT2D eigenvalue weighted by molar-refractivity contribution is -0.118. The van der Waals surface area contributed by atoms with Crippen molar-refractivity contribution in [3.8, 4) is 0 Å². The second kappa shape index (κ2) is 23.3. The average Bonchev–Trinajstić information content (AvgIpc) is 3.65. The van der Waals surface area contributed by atoms with Crippen LogP contribution in [0.4, 0.5) is 0 Å². The van der Waals surface area contributed by atoms with E-state index in [1.165, 1.54) is 83.5 Å². The van der Waals surface area contributed by atoms with Crippen molar-refractivity contribution >= 4 is 16.6 Å². The first-order valence-electron chi connectivity index (χ1n) is 26.0. The molecule has 0 N–H and O–H groups in total. The number of fused-ring (bicyclic) bond motifs is 2. The number of hydrogen-bond donors (Lipinski definition) is 0. The molecular formula is C55H106O6Si2. The molecule has 4 aliphatic carbocycles. The lowest BCUT2D eigenvalue weighted by Gasteiger charge is -2.49. The lowest BCUT2D eigenvalue weighted by atomic mass is 9.62. The van der Waals surface area contributed by atoms with Crippen molar-refractivity contribution in [1.82, 2.24) is 0 Å². The van der Waals surface area contributed by atoms with Gasteiger partial charge in [0, 0.05) is 26.4 Å². The van der Waals surface area contributed by atoms with Gasteiger partial charge in [-0.25, -0.2) is 0 Å². The largest absolute Gasteiger partial charge is 0.414 e. The third kappa shape index (κ3) is 15.3. The molecule has 0 aromatic heterocycles. The Kier molecular flexibility index (Phi) is 21.1. The average molecular weight is 920 g/mol. The number of unbranched alkanes of at least 4 members (excludes halogenated alkanes) is 2. The van der Waals surface area contributed by atoms with E-state index < -0.39 is 16.6 Å². The molecule has 8 atom stereocenters. The summed E-state index contributed by atoms with van der Waals surface area (Å²) in [6, 6.07) is 0. The van der Waals surface area contributed by atoms with Gasteiger partial charge >= 0.3 is 0 Å². The summed E-state index contributed by atoms with van der Waals surface area (Å²) in [5, 5.41) is 0.554. The van der Waals surface area contributed by atoms with Crippen LogP contribution in [0.1, 0.15) is 206 Å². The van der Waals surface area contributed by atoms with Crippen molar-refractivity contribution < 1.29 is 27.8 Å². The fourth-order valence-electron chi connectivity index (χ4n) is 11.5. The summed E-state index contributed by atoms with van der Waals surface area (Å²) in [7, 11) is -0.105. The molecule has 0 bridgehead atoms. The van der Waals surface area contributed by atoms with Crippen molar-refractivity contribution in [2.24, 2.45) is 34.5 Å². The summed E-state index contributed by atoms with van der Waals surface area (Å²) in [6.45, 7) is 43.3. The van der Waals surface area contributed by atoms with E-state index in [-0.39, 0.29) is 21.3 Å². The third-order valence-electron chi connectivity index (χ3n) is 17.6. The van der Waals surface area contributed by atoms with E-state index in [0.717, 1.165) is 25.7 Å². The smallest absolute Gasteiger partial charge is 0.192 e. The molecule has 0 amide bonds. The fraction of sp³-hybridized carbons (Fsp3) is 0.927. The van der Waals surface area contributed by atoms with E-state index in [1.54, 1.807) is 25.4 Å². The zero-order valence-corrected chi connectivity index (χ0v) is 47.5. The second-order valence-electron chi connectivity index (χ2n) is 25.6. The Morgan fingerprint density at radius 1 is 0.698 bits per heavy atom. The number of rotatable bonds is 22. The Morgan fingerprint density at radius 3 is 1.67 bits per heavy atom. The molecule has 0 spiro atoms. The van der Waals surface area contributed by atoms with E-state index in [4.69, 9.17) is 27.8 Å². The number of ether oxygens (including phenoxy) is 4. The molecule has 6 nitrogen and oxygen atoms in total. The molecule has 8 heteroatoms. The molecule has 0 heterocycles. The Bertz CT molecular complexity index is 1440. The number of hydrogen-bond acceptors (Lipinski definition) is 6. The van der Waals surface area contributed by atoms with Crippen LogP contribution in [-0.4, -0.2) is 67.9 Å². The first-order valence-corrected chi connectivity index (χ1v) is 31.8. The lowest BCUT2D eigenvalue weighted by Crippen LogP contribution is -2.49. The number of allylic oxidation sites excluding steroid dienone is 4. The van der Waals surface area contributed by atoms with E-state index in [0.29, 0.717) is 60.3 Å². The molecule has 63 heavy (non-hydrogen) atoms. The predicted molar refractivity (Wildman–Crippen MR) is 274 cm³/mol. The Hall–Kier alpha value is -0.326. The minimum Gasteiger partial charge on any atom is -0.414 e. The van der Waals surface area contributed by atoms with Gasteiger partial charge in [-0.05, 0) is 176 Å². The van der Waals surface area contributed by atoms with Crippen molar-refractivity contribution in [2.75, 3.05) is 27.8 Å². The topological polar surface area (TPSA) is 55.4 Å². The highest BCUT2D eigenvalue weighted by Gasteiger charge is 2.54. The third-order valence-corrected chi connectivity index (χ3v) is 26.6. The van der Waals surface area contributed by atoms with Crippen LogP contribution >= 0.6 is 0 Å². The molecule has 3 fully saturated rings. The van der Waals surface area contributed by atoms with Crippen LogP contribution in [0.5, 0.6) is 0 Å². The number of methoxy groups -OCH3 is 2. The first-order chi connectivity index (χ1) is 29.0. The monoisotopic (exact) mass is 919 g/mol. The quantitative estimate of drug-likeness (QED) is 0.0467. The minimum atomic E-state index is -1.76. The van der Waals surface area contributed by atoms with Gasteiger partial charge < -0.3 is 27.8 Å². The molecular weight excluding hydrogens is 813 g/mol. The maximum atomic E-state index is 7.07. The van der Waals surface area contributed by atoms with Gasteiger partial charge in [0.1, 0.15) is 13.6 Å². The second-order valence-corrected chi connectivity index (χ2v) is 35.1. The van der Waals surface area contributed by atoms with Gasteiger partial charge in [-0.15, -0.1) is 0 Å². The first kappa shape index (κ1) is 57.0. The molecule has 0 radical (unpaired) electrons. The molecule has 0 saturated heterocycles. The highest BCUT2D eigenvalue weighted by atomic mass is 28.4. The van der Waals surface area contributed by atoms with Crippen molar-refractivity contribution in [3.63, 3.8) is 0 Å². The summed E-state index contributed by atoms with van der Waals surface area (Å²) < 4.78 is 36.0. The standard InChI is InChI=1S/C29H56O3Si.C26H50O3Si/c1-11-12-15-23(16-13-20-28(5,6)31-22-30-8)24-18-19-25-26(17-14-21-29(24,25)7)32-33(9,10)27(2,3)4;1-20-18-22-23(29-30(9,10)24(2,3)4)15-13-17-26(22,7)21(20)14-11-12-16-25(5,6)28-19-27-8/h18,23,25-26H,11-17,19-22H2,1-10H3;14,20,22-23H,11-13,15-19H2,1-10H3/b;21-14-. The zero-order valence-electron chi connectivity index (χ0n) is 45.5. The van der Waals surface area contributed by atoms with Gasteiger partial charge in [0.05, 0.1) is 11.2 Å². The summed E-state index contributed by atoms with van der Waals surface area (Å²) in [6.07, 6.45) is 27.3. The van der Waals surface area contributed by atoms with Gasteiger partial charge in [-0.3, -0.25) is 0 Å². The molecule has 0 aliphatic heterocycles. The SMILES string of the molecule is CCCCC(CCCC(C)(C)OCOC)C1=CCC2C(O[Si](C)(C)C(C)(C)C)CCCC12C.COCOC(C)(C)CCC/C=C1/C(C)CC2C(O[Si](C)(C)C(C)(C)C)CCCC12C. The zero-order chi connectivity index (χ0) is 47.7. The molecule has 4 rings (SSSR count). The van der Waals surface area contributed by atoms with Crippen molar-refractivity contribution in [3.05, 3.63) is 23.3 Å². The van der Waals surface area contributed by atoms with E-state index in [1.807, 2.05) is 0 Å². The maximum Gasteiger partial charge on any atom is 0.192 e. The van der Waals surface area contributed by atoms with Crippen LogP contribution in [0.25, 0.3) is 0 Å². The fourth-order valence-corrected chi connectivity index (χ4v) is 14.3. The summed E-state index contributed by atoms with van der Waals surface area (Å²) in [5.74, 6) is 2.75. The van der Waals surface area contributed by atoms with Crippen LogP contribution in [0, 0.1) is 34.5 Å². The van der Waals surface area contributed by atoms with Crippen LogP contribution < -0.4 is 0 Å². The van der Waals surface area contributed by atoms with Crippen molar-refractivity contribution in [1.29, 1.82) is 0 Å². The van der Waals surface area contributed by atoms with E-state index >= 15 is 0 Å². The highest BCUT2D eigenvalue weighted by Crippen LogP contribution is 2.60. The van der Waals surface area contributed by atoms with Crippen LogP contribution in [0.15, 0.2) is 23.3 Å². The molecule has 4 aliphatic rings. The predicted octanol–water partition coefficient (Wildman–Crippen LogP) is 16.6. The van der Waals surface area contributed by atoms with E-state index in [2.05, 4.69) is 135 Å². The normalized spacial score (nSPS) is 29.6. The summed E-state index contributed by atoms with van der Waals surface area (Å²) >= 11 is 0. The van der Waals surface area contributed by atoms with Crippen molar-refractivity contribution in [2.45, 2.75) is 266 Å². The van der Waals surface area contributed by atoms with Gasteiger partial charge in [0.15, 0.2) is 16.6 Å². The Labute approximate surface area is 394 Å². The summed E-state index contributed by atoms with van der Waals surface area (Å²) in [5.41, 5.74) is 3.91. The molecule has 0 aromatic rings. The highest BCUT2D eigenvalue weighted by molar-refractivity contribution is 6.74. The van der Waals surface area contributed by atoms with Gasteiger partial charge in [0.25, 0.3) is 0 Å². The van der Waals surface area contributed by atoms with Crippen LogP contribution in [0.2, 0.25) is 36.3 Å². The van der Waals surface area contributed by atoms with Crippen LogP contribution in [0.3, 0.4) is 0 Å². The van der Waals surface area contributed by atoms with Gasteiger partial charge in [0.2, 0.25) is 0 Å². The Balaban J connectivity index is 0.000000337. The Morgan fingerprint density at radius 2 is 1.17 bits per heavy atom. The molecule has 370 valence electrons. The maximum absolute atomic E-state index is 7.07. The molecule has 3 saturated carbocycles. The molecule has 8 unspecified atom stereocenters. The van der Waals surface area contributed by atoms with Gasteiger partial charge in [-0.2, -0.15) is 0 Å².